The lowest BCUT2D eigenvalue weighted by Gasteiger charge is -2.16. The second-order valence-corrected chi connectivity index (χ2v) is 6.20. The maximum Gasteiger partial charge on any atom is 0.244 e. The number of para-hydroxylation sites is 1. The Morgan fingerprint density at radius 1 is 1.12 bits per heavy atom. The van der Waals surface area contributed by atoms with Crippen LogP contribution in [0.1, 0.15) is 12.0 Å². The highest BCUT2D eigenvalue weighted by Gasteiger charge is 2.31. The number of hydrogen-bond donors (Lipinski definition) is 1. The number of nitrogens with one attached hydrogen (secondary N) is 1. The first-order chi connectivity index (χ1) is 12.7. The summed E-state index contributed by atoms with van der Waals surface area (Å²) in [6, 6.07) is 14.8. The van der Waals surface area contributed by atoms with Crippen LogP contribution in [0.4, 0.5) is 5.69 Å². The van der Waals surface area contributed by atoms with Crippen molar-refractivity contribution in [2.24, 2.45) is 0 Å². The topological polar surface area (TPSA) is 67.9 Å². The zero-order chi connectivity index (χ0) is 17.9. The molecule has 26 heavy (non-hydrogen) atoms. The Morgan fingerprint density at radius 2 is 1.92 bits per heavy atom. The first-order valence-corrected chi connectivity index (χ1v) is 8.43. The van der Waals surface area contributed by atoms with Gasteiger partial charge in [-0.15, -0.1) is 0 Å². The molecule has 2 amide bonds. The van der Waals surface area contributed by atoms with Gasteiger partial charge in [0, 0.05) is 24.7 Å². The predicted molar refractivity (Wildman–Crippen MR) is 96.9 cm³/mol. The van der Waals surface area contributed by atoms with Crippen molar-refractivity contribution in [1.29, 1.82) is 0 Å². The van der Waals surface area contributed by atoms with Gasteiger partial charge in [0.05, 0.1) is 6.04 Å². The number of nitrogens with zero attached hydrogens (tertiary/aromatic N) is 1. The summed E-state index contributed by atoms with van der Waals surface area (Å²) >= 11 is 0. The molecule has 1 N–H and O–H groups in total. The van der Waals surface area contributed by atoms with Gasteiger partial charge in [-0.2, -0.15) is 0 Å². The van der Waals surface area contributed by atoms with Crippen molar-refractivity contribution >= 4 is 23.6 Å². The van der Waals surface area contributed by atoms with Gasteiger partial charge in [-0.3, -0.25) is 9.59 Å². The summed E-state index contributed by atoms with van der Waals surface area (Å²) in [5, 5.41) is 2.89. The number of carbonyl (C=O) groups excluding carboxylic acids is 2. The van der Waals surface area contributed by atoms with Crippen LogP contribution in [0.25, 0.3) is 6.08 Å². The van der Waals surface area contributed by atoms with Gasteiger partial charge in [-0.05, 0) is 35.9 Å². The fraction of sp³-hybridized carbons (Fsp3) is 0.200. The Morgan fingerprint density at radius 3 is 2.77 bits per heavy atom. The van der Waals surface area contributed by atoms with Gasteiger partial charge in [-0.25, -0.2) is 0 Å². The van der Waals surface area contributed by atoms with E-state index < -0.39 is 0 Å². The number of amides is 2. The number of ether oxygens (including phenoxy) is 2. The number of benzene rings is 2. The van der Waals surface area contributed by atoms with E-state index in [9.17, 15) is 9.59 Å². The predicted octanol–water partition coefficient (Wildman–Crippen LogP) is 2.35. The van der Waals surface area contributed by atoms with Crippen molar-refractivity contribution in [1.82, 2.24) is 5.32 Å². The van der Waals surface area contributed by atoms with Gasteiger partial charge in [-0.1, -0.05) is 24.3 Å². The molecule has 0 aromatic heterocycles. The molecule has 6 heteroatoms. The van der Waals surface area contributed by atoms with E-state index >= 15 is 0 Å². The SMILES string of the molecule is O=C(/C=C\c1ccc2c(c1)OCO2)N[C@@H]1CC(=O)N(c2ccccc2)C1. The first kappa shape index (κ1) is 16.2. The molecule has 1 saturated heterocycles. The van der Waals surface area contributed by atoms with Crippen LogP contribution in [0, 0.1) is 0 Å². The molecule has 2 heterocycles. The van der Waals surface area contributed by atoms with Crippen LogP contribution < -0.4 is 19.7 Å². The zero-order valence-corrected chi connectivity index (χ0v) is 14.1. The Balaban J connectivity index is 1.36. The average Bonchev–Trinajstić information content (AvgIpc) is 3.26. The van der Waals surface area contributed by atoms with Crippen molar-refractivity contribution in [2.45, 2.75) is 12.5 Å². The molecule has 0 bridgehead atoms. The summed E-state index contributed by atoms with van der Waals surface area (Å²) < 4.78 is 10.6. The van der Waals surface area contributed by atoms with Crippen LogP contribution in [0.5, 0.6) is 11.5 Å². The molecule has 0 aliphatic carbocycles. The summed E-state index contributed by atoms with van der Waals surface area (Å²) in [5.41, 5.74) is 1.70. The smallest absolute Gasteiger partial charge is 0.244 e. The maximum atomic E-state index is 12.2. The molecule has 0 saturated carbocycles. The van der Waals surface area contributed by atoms with Crippen molar-refractivity contribution in [3.8, 4) is 11.5 Å². The highest BCUT2D eigenvalue weighted by Crippen LogP contribution is 2.32. The van der Waals surface area contributed by atoms with Crippen molar-refractivity contribution in [2.75, 3.05) is 18.2 Å². The van der Waals surface area contributed by atoms with Gasteiger partial charge in [0.1, 0.15) is 0 Å². The average molecular weight is 350 g/mol. The molecule has 2 aliphatic heterocycles. The lowest BCUT2D eigenvalue weighted by molar-refractivity contribution is -0.117. The minimum atomic E-state index is -0.227. The summed E-state index contributed by atoms with van der Waals surface area (Å²) in [6.07, 6.45) is 3.48. The van der Waals surface area contributed by atoms with Crippen molar-refractivity contribution in [3.05, 3.63) is 60.2 Å². The van der Waals surface area contributed by atoms with Gasteiger partial charge in [0.15, 0.2) is 11.5 Å². The van der Waals surface area contributed by atoms with E-state index in [1.165, 1.54) is 6.08 Å². The summed E-state index contributed by atoms with van der Waals surface area (Å²) in [5.74, 6) is 1.17. The minimum absolute atomic E-state index is 0.0150. The number of hydrogen-bond acceptors (Lipinski definition) is 4. The third-order valence-corrected chi connectivity index (χ3v) is 4.36. The van der Waals surface area contributed by atoms with Crippen LogP contribution in [-0.2, 0) is 9.59 Å². The molecule has 4 rings (SSSR count). The quantitative estimate of drug-likeness (QED) is 0.860. The molecule has 1 atom stereocenters. The minimum Gasteiger partial charge on any atom is -0.454 e. The fourth-order valence-electron chi connectivity index (χ4n) is 3.10. The second kappa shape index (κ2) is 6.92. The molecule has 0 spiro atoms. The van der Waals surface area contributed by atoms with E-state index in [1.54, 1.807) is 11.0 Å². The van der Waals surface area contributed by atoms with E-state index in [4.69, 9.17) is 9.47 Å². The lowest BCUT2D eigenvalue weighted by Crippen LogP contribution is -2.36. The van der Waals surface area contributed by atoms with Gasteiger partial charge >= 0.3 is 0 Å². The van der Waals surface area contributed by atoms with Crippen molar-refractivity contribution < 1.29 is 19.1 Å². The highest BCUT2D eigenvalue weighted by atomic mass is 16.7. The van der Waals surface area contributed by atoms with Crippen LogP contribution in [0.2, 0.25) is 0 Å². The van der Waals surface area contributed by atoms with Crippen LogP contribution >= 0.6 is 0 Å². The molecule has 2 aromatic carbocycles. The first-order valence-electron chi connectivity index (χ1n) is 8.43. The van der Waals surface area contributed by atoms with Gasteiger partial charge in [0.2, 0.25) is 18.6 Å². The summed E-state index contributed by atoms with van der Waals surface area (Å²) in [6.45, 7) is 0.697. The van der Waals surface area contributed by atoms with E-state index in [2.05, 4.69) is 5.32 Å². The number of fused-ring (bicyclic) bond motifs is 1. The third kappa shape index (κ3) is 3.39. The van der Waals surface area contributed by atoms with Gasteiger partial charge in [0.25, 0.3) is 0 Å². The molecule has 0 unspecified atom stereocenters. The van der Waals surface area contributed by atoms with Gasteiger partial charge < -0.3 is 19.7 Å². The fourth-order valence-corrected chi connectivity index (χ4v) is 3.10. The van der Waals surface area contributed by atoms with Crippen molar-refractivity contribution in [3.63, 3.8) is 0 Å². The molecule has 1 fully saturated rings. The van der Waals surface area contributed by atoms with Crippen LogP contribution in [-0.4, -0.2) is 31.2 Å². The Kier molecular flexibility index (Phi) is 4.31. The molecule has 2 aliphatic rings. The monoisotopic (exact) mass is 350 g/mol. The third-order valence-electron chi connectivity index (χ3n) is 4.36. The Hall–Kier alpha value is -3.28. The number of carbonyl (C=O) groups is 2. The molecule has 2 aromatic rings. The Labute approximate surface area is 151 Å². The van der Waals surface area contributed by atoms with E-state index in [1.807, 2.05) is 48.5 Å². The number of rotatable bonds is 4. The van der Waals surface area contributed by atoms with E-state index in [-0.39, 0.29) is 24.6 Å². The molecular formula is C20H18N2O4. The molecule has 132 valence electrons. The Bertz CT molecular complexity index is 863. The van der Waals surface area contributed by atoms with Crippen LogP contribution in [0.3, 0.4) is 0 Å². The molecule has 0 radical (unpaired) electrons. The largest absolute Gasteiger partial charge is 0.454 e. The van der Waals surface area contributed by atoms with E-state index in [0.29, 0.717) is 24.5 Å². The standard InChI is InChI=1S/C20H18N2O4/c23-19(9-7-14-6-8-17-18(10-14)26-13-25-17)21-15-11-20(24)22(12-15)16-4-2-1-3-5-16/h1-10,15H,11-13H2,(H,21,23)/b9-7-/t15-/m1/s1. The number of anilines is 1. The van der Waals surface area contributed by atoms with E-state index in [0.717, 1.165) is 11.3 Å². The summed E-state index contributed by atoms with van der Waals surface area (Å²) in [7, 11) is 0. The maximum absolute atomic E-state index is 12.2. The van der Waals surface area contributed by atoms with Crippen LogP contribution in [0.15, 0.2) is 54.6 Å². The summed E-state index contributed by atoms with van der Waals surface area (Å²) in [4.78, 5) is 26.1. The normalized spacial score (nSPS) is 18.5. The highest BCUT2D eigenvalue weighted by molar-refractivity contribution is 5.98. The lowest BCUT2D eigenvalue weighted by atomic mass is 10.2. The molecule has 6 nitrogen and oxygen atoms in total. The zero-order valence-electron chi connectivity index (χ0n) is 14.1. The second-order valence-electron chi connectivity index (χ2n) is 6.20. The molecular weight excluding hydrogens is 332 g/mol.